The summed E-state index contributed by atoms with van der Waals surface area (Å²) in [6.07, 6.45) is 0. The molecule has 0 amide bonds. The molecule has 2 nitrogen and oxygen atoms in total. The molecule has 0 radical (unpaired) electrons. The molecule has 2 heterocycles. The first-order valence-electron chi connectivity index (χ1n) is 3.68. The number of hydrogen-bond donors (Lipinski definition) is 1. The molecule has 1 fully saturated rings. The SMILES string of the molecule is Cc1sc(C2(O)COC2)cc1Br. The van der Waals surface area contributed by atoms with Gasteiger partial charge in [-0.3, -0.25) is 0 Å². The third kappa shape index (κ3) is 1.23. The highest BCUT2D eigenvalue weighted by Gasteiger charge is 2.39. The van der Waals surface area contributed by atoms with Crippen LogP contribution in [0.15, 0.2) is 10.5 Å². The van der Waals surface area contributed by atoms with E-state index in [-0.39, 0.29) is 0 Å². The molecule has 1 aliphatic heterocycles. The lowest BCUT2D eigenvalue weighted by Gasteiger charge is -2.35. The molecule has 0 aromatic carbocycles. The minimum Gasteiger partial charge on any atom is -0.379 e. The van der Waals surface area contributed by atoms with E-state index in [0.29, 0.717) is 13.2 Å². The van der Waals surface area contributed by atoms with Crippen molar-refractivity contribution in [1.29, 1.82) is 0 Å². The van der Waals surface area contributed by atoms with Crippen molar-refractivity contribution in [3.8, 4) is 0 Å². The summed E-state index contributed by atoms with van der Waals surface area (Å²) in [6, 6.07) is 1.97. The van der Waals surface area contributed by atoms with Gasteiger partial charge < -0.3 is 9.84 Å². The number of rotatable bonds is 1. The fourth-order valence-electron chi connectivity index (χ4n) is 1.13. The van der Waals surface area contributed by atoms with Crippen LogP contribution in [0.25, 0.3) is 0 Å². The number of thiophene rings is 1. The fourth-order valence-corrected chi connectivity index (χ4v) is 2.72. The molecule has 1 aromatic rings. The first kappa shape index (κ1) is 8.69. The largest absolute Gasteiger partial charge is 0.379 e. The van der Waals surface area contributed by atoms with Gasteiger partial charge in [-0.15, -0.1) is 11.3 Å². The zero-order valence-electron chi connectivity index (χ0n) is 6.63. The van der Waals surface area contributed by atoms with Crippen LogP contribution in [-0.4, -0.2) is 18.3 Å². The maximum atomic E-state index is 9.88. The van der Waals surface area contributed by atoms with Crippen molar-refractivity contribution < 1.29 is 9.84 Å². The minimum atomic E-state index is -0.707. The molecule has 0 saturated carbocycles. The predicted octanol–water partition coefficient (Wildman–Crippen LogP) is 2.04. The number of aryl methyl sites for hydroxylation is 1. The Labute approximate surface area is 83.3 Å². The summed E-state index contributed by atoms with van der Waals surface area (Å²) in [4.78, 5) is 2.20. The van der Waals surface area contributed by atoms with Crippen LogP contribution in [0, 0.1) is 6.92 Å². The highest BCUT2D eigenvalue weighted by Crippen LogP contribution is 2.37. The second-order valence-corrected chi connectivity index (χ2v) is 5.15. The van der Waals surface area contributed by atoms with Crippen molar-refractivity contribution in [1.82, 2.24) is 0 Å². The Balaban J connectivity index is 2.34. The van der Waals surface area contributed by atoms with E-state index in [1.54, 1.807) is 11.3 Å². The van der Waals surface area contributed by atoms with Crippen molar-refractivity contribution in [3.05, 3.63) is 20.3 Å². The predicted molar refractivity (Wildman–Crippen MR) is 51.5 cm³/mol. The molecule has 1 N–H and O–H groups in total. The maximum absolute atomic E-state index is 9.88. The van der Waals surface area contributed by atoms with E-state index >= 15 is 0 Å². The standard InChI is InChI=1S/C8H9BrO2S/c1-5-6(9)2-7(12-5)8(10)3-11-4-8/h2,10H,3-4H2,1H3. The zero-order valence-corrected chi connectivity index (χ0v) is 9.04. The number of hydrogen-bond acceptors (Lipinski definition) is 3. The maximum Gasteiger partial charge on any atom is 0.145 e. The van der Waals surface area contributed by atoms with Crippen molar-refractivity contribution in [3.63, 3.8) is 0 Å². The Morgan fingerprint density at radius 1 is 1.67 bits per heavy atom. The normalized spacial score (nSPS) is 20.6. The second-order valence-electron chi connectivity index (χ2n) is 3.04. The van der Waals surface area contributed by atoms with Gasteiger partial charge in [0.15, 0.2) is 0 Å². The van der Waals surface area contributed by atoms with Gasteiger partial charge in [0.1, 0.15) is 5.60 Å². The van der Waals surface area contributed by atoms with E-state index < -0.39 is 5.60 Å². The van der Waals surface area contributed by atoms with Crippen molar-refractivity contribution in [2.24, 2.45) is 0 Å². The van der Waals surface area contributed by atoms with Gasteiger partial charge in [-0.05, 0) is 28.9 Å². The zero-order chi connectivity index (χ0) is 8.77. The van der Waals surface area contributed by atoms with E-state index in [1.165, 1.54) is 4.88 Å². The van der Waals surface area contributed by atoms with Crippen molar-refractivity contribution >= 4 is 27.3 Å². The van der Waals surface area contributed by atoms with Crippen LogP contribution in [0.5, 0.6) is 0 Å². The summed E-state index contributed by atoms with van der Waals surface area (Å²) in [5.74, 6) is 0. The lowest BCUT2D eigenvalue weighted by atomic mass is 10.0. The average molecular weight is 249 g/mol. The molecule has 1 saturated heterocycles. The van der Waals surface area contributed by atoms with Gasteiger partial charge >= 0.3 is 0 Å². The number of aliphatic hydroxyl groups is 1. The fraction of sp³-hybridized carbons (Fsp3) is 0.500. The quantitative estimate of drug-likeness (QED) is 0.825. The molecule has 66 valence electrons. The third-order valence-electron chi connectivity index (χ3n) is 2.00. The Bertz CT molecular complexity index is 285. The monoisotopic (exact) mass is 248 g/mol. The highest BCUT2D eigenvalue weighted by atomic mass is 79.9. The van der Waals surface area contributed by atoms with Gasteiger partial charge in [-0.25, -0.2) is 0 Å². The summed E-state index contributed by atoms with van der Waals surface area (Å²) < 4.78 is 6.05. The van der Waals surface area contributed by atoms with Crippen molar-refractivity contribution in [2.75, 3.05) is 13.2 Å². The molecule has 0 spiro atoms. The molecular formula is C8H9BrO2S. The summed E-state index contributed by atoms with van der Waals surface area (Å²) in [7, 11) is 0. The first-order chi connectivity index (χ1) is 5.62. The smallest absolute Gasteiger partial charge is 0.145 e. The second kappa shape index (κ2) is 2.80. The van der Waals surface area contributed by atoms with Crippen molar-refractivity contribution in [2.45, 2.75) is 12.5 Å². The van der Waals surface area contributed by atoms with Crippen LogP contribution in [-0.2, 0) is 10.3 Å². The molecule has 4 heteroatoms. The van der Waals surface area contributed by atoms with E-state index in [1.807, 2.05) is 13.0 Å². The third-order valence-corrected chi connectivity index (χ3v) is 4.33. The van der Waals surface area contributed by atoms with Gasteiger partial charge in [-0.2, -0.15) is 0 Å². The summed E-state index contributed by atoms with van der Waals surface area (Å²) in [5.41, 5.74) is -0.707. The molecule has 0 unspecified atom stereocenters. The van der Waals surface area contributed by atoms with Gasteiger partial charge in [-0.1, -0.05) is 0 Å². The van der Waals surface area contributed by atoms with Crippen LogP contribution < -0.4 is 0 Å². The van der Waals surface area contributed by atoms with Crippen LogP contribution in [0.3, 0.4) is 0 Å². The molecular weight excluding hydrogens is 240 g/mol. The van der Waals surface area contributed by atoms with E-state index in [0.717, 1.165) is 9.35 Å². The number of ether oxygens (including phenoxy) is 1. The summed E-state index contributed by atoms with van der Waals surface area (Å²) >= 11 is 5.04. The number of halogens is 1. The average Bonchev–Trinajstić information content (AvgIpc) is 2.28. The molecule has 0 atom stereocenters. The van der Waals surface area contributed by atoms with Crippen LogP contribution in [0.2, 0.25) is 0 Å². The first-order valence-corrected chi connectivity index (χ1v) is 5.29. The van der Waals surface area contributed by atoms with Gasteiger partial charge in [0.05, 0.1) is 13.2 Å². The lowest BCUT2D eigenvalue weighted by molar-refractivity contribution is -0.182. The Morgan fingerprint density at radius 3 is 2.67 bits per heavy atom. The Hall–Kier alpha value is 0.100. The van der Waals surface area contributed by atoms with E-state index in [9.17, 15) is 5.11 Å². The summed E-state index contributed by atoms with van der Waals surface area (Å²) in [6.45, 7) is 2.89. The molecule has 0 aliphatic carbocycles. The molecule has 2 rings (SSSR count). The lowest BCUT2D eigenvalue weighted by Crippen LogP contribution is -2.45. The van der Waals surface area contributed by atoms with Crippen LogP contribution >= 0.6 is 27.3 Å². The Kier molecular flexibility index (Phi) is 2.03. The highest BCUT2D eigenvalue weighted by molar-refractivity contribution is 9.10. The Morgan fingerprint density at radius 2 is 2.33 bits per heavy atom. The van der Waals surface area contributed by atoms with Gasteiger partial charge in [0.2, 0.25) is 0 Å². The van der Waals surface area contributed by atoms with Crippen LogP contribution in [0.4, 0.5) is 0 Å². The molecule has 1 aromatic heterocycles. The van der Waals surface area contributed by atoms with E-state index in [2.05, 4.69) is 15.9 Å². The summed E-state index contributed by atoms with van der Waals surface area (Å²) in [5, 5.41) is 9.88. The van der Waals surface area contributed by atoms with Gasteiger partial charge in [0.25, 0.3) is 0 Å². The molecule has 12 heavy (non-hydrogen) atoms. The molecule has 1 aliphatic rings. The minimum absolute atomic E-state index is 0.430. The topological polar surface area (TPSA) is 29.5 Å². The van der Waals surface area contributed by atoms with Crippen LogP contribution in [0.1, 0.15) is 9.75 Å². The van der Waals surface area contributed by atoms with Gasteiger partial charge in [0, 0.05) is 14.2 Å². The molecule has 0 bridgehead atoms. The van der Waals surface area contributed by atoms with E-state index in [4.69, 9.17) is 4.74 Å².